The Kier molecular flexibility index (Phi) is 4.72. The van der Waals surface area contributed by atoms with Crippen molar-refractivity contribution in [1.82, 2.24) is 4.90 Å². The zero-order valence-corrected chi connectivity index (χ0v) is 11.5. The Hall–Kier alpha value is 0.0500. The average Bonchev–Trinajstić information content (AvgIpc) is 2.55. The number of likely N-dealkylation sites (tertiary alicyclic amines) is 1. The van der Waals surface area contributed by atoms with Gasteiger partial charge in [-0.2, -0.15) is 0 Å². The molecule has 1 saturated heterocycles. The molecule has 2 heteroatoms. The molecule has 1 spiro atoms. The minimum atomic E-state index is 0.545. The molecule has 0 amide bonds. The van der Waals surface area contributed by atoms with Gasteiger partial charge in [-0.3, -0.25) is 0 Å². The Morgan fingerprint density at radius 1 is 1.13 bits per heavy atom. The summed E-state index contributed by atoms with van der Waals surface area (Å²) in [5.41, 5.74) is 2.13. The third-order valence-electron chi connectivity index (χ3n) is 4.01. The van der Waals surface area contributed by atoms with Gasteiger partial charge in [0.25, 0.3) is 0 Å². The first kappa shape index (κ1) is 13.1. The van der Waals surface area contributed by atoms with Crippen molar-refractivity contribution in [1.29, 1.82) is 0 Å². The molecule has 1 fully saturated rings. The summed E-state index contributed by atoms with van der Waals surface area (Å²) in [5, 5.41) is 0. The van der Waals surface area contributed by atoms with Crippen molar-refractivity contribution < 1.29 is 0 Å². The molecular weight excluding hydrogens is 202 g/mol. The van der Waals surface area contributed by atoms with E-state index in [0.29, 0.717) is 5.41 Å². The Bertz CT molecular complexity index is 237. The Morgan fingerprint density at radius 3 is 2.07 bits per heavy atom. The molecule has 1 aliphatic heterocycles. The molecule has 1 aliphatic carbocycles. The average molecular weight is 227 g/mol. The number of nitrogens with zero attached hydrogens (tertiary/aromatic N) is 1. The summed E-state index contributed by atoms with van der Waals surface area (Å²) in [6.45, 7) is 8.82. The summed E-state index contributed by atoms with van der Waals surface area (Å²) in [7, 11) is 2.22. The van der Waals surface area contributed by atoms with Gasteiger partial charge in [-0.25, -0.2) is 0 Å². The zero-order chi connectivity index (χ0) is 11.5. The molecule has 88 valence electrons. The van der Waals surface area contributed by atoms with E-state index < -0.39 is 0 Å². The van der Waals surface area contributed by atoms with Gasteiger partial charge in [0.1, 0.15) is 0 Å². The quantitative estimate of drug-likeness (QED) is 0.617. The molecule has 1 nitrogen and oxygen atoms in total. The van der Waals surface area contributed by atoms with Gasteiger partial charge in [-0.05, 0) is 63.1 Å². The van der Waals surface area contributed by atoms with E-state index >= 15 is 0 Å². The van der Waals surface area contributed by atoms with Crippen LogP contribution in [0.4, 0.5) is 0 Å². The van der Waals surface area contributed by atoms with Gasteiger partial charge in [0.15, 0.2) is 0 Å². The molecular formula is C13H25NS. The number of rotatable bonds is 0. The predicted octanol–water partition coefficient (Wildman–Crippen LogP) is 3.72. The standard InChI is InChI=1S/C11H19NS.C2H6/c1-9-10(13)3-4-11(9)5-7-12(2)8-6-11;1-2/h13H,3-8H2,1-2H3;1-2H3. The number of allylic oxidation sites excluding steroid dienone is 2. The second-order valence-corrected chi connectivity index (χ2v) is 5.20. The molecule has 0 N–H and O–H groups in total. The van der Waals surface area contributed by atoms with Crippen LogP contribution in [-0.2, 0) is 0 Å². The fourth-order valence-corrected chi connectivity index (χ4v) is 3.06. The second kappa shape index (κ2) is 5.40. The van der Waals surface area contributed by atoms with Crippen LogP contribution < -0.4 is 0 Å². The van der Waals surface area contributed by atoms with Crippen molar-refractivity contribution in [3.05, 3.63) is 10.5 Å². The lowest BCUT2D eigenvalue weighted by Gasteiger charge is -2.39. The smallest absolute Gasteiger partial charge is 0.00134 e. The number of piperidine rings is 1. The van der Waals surface area contributed by atoms with Gasteiger partial charge in [0.05, 0.1) is 0 Å². The van der Waals surface area contributed by atoms with E-state index in [0.717, 1.165) is 0 Å². The van der Waals surface area contributed by atoms with E-state index in [1.54, 1.807) is 5.57 Å². The van der Waals surface area contributed by atoms with Crippen molar-refractivity contribution in [2.75, 3.05) is 20.1 Å². The molecule has 0 aromatic heterocycles. The molecule has 0 radical (unpaired) electrons. The van der Waals surface area contributed by atoms with Gasteiger partial charge >= 0.3 is 0 Å². The largest absolute Gasteiger partial charge is 0.306 e. The summed E-state index contributed by atoms with van der Waals surface area (Å²) in [6, 6.07) is 0. The maximum absolute atomic E-state index is 4.56. The van der Waals surface area contributed by atoms with Crippen molar-refractivity contribution in [3.63, 3.8) is 0 Å². The number of hydrogen-bond acceptors (Lipinski definition) is 2. The van der Waals surface area contributed by atoms with Crippen LogP contribution in [0.15, 0.2) is 10.5 Å². The molecule has 2 rings (SSSR count). The first-order valence-electron chi connectivity index (χ1n) is 6.22. The van der Waals surface area contributed by atoms with Crippen LogP contribution >= 0.6 is 12.6 Å². The van der Waals surface area contributed by atoms with E-state index in [1.807, 2.05) is 13.8 Å². The number of hydrogen-bond donors (Lipinski definition) is 1. The van der Waals surface area contributed by atoms with Crippen LogP contribution in [0.25, 0.3) is 0 Å². The highest BCUT2D eigenvalue weighted by Gasteiger charge is 2.39. The van der Waals surface area contributed by atoms with E-state index in [9.17, 15) is 0 Å². The highest BCUT2D eigenvalue weighted by atomic mass is 32.1. The molecule has 2 aliphatic rings. The first-order valence-corrected chi connectivity index (χ1v) is 6.66. The van der Waals surface area contributed by atoms with E-state index in [1.165, 1.54) is 43.7 Å². The lowest BCUT2D eigenvalue weighted by Crippen LogP contribution is -2.37. The van der Waals surface area contributed by atoms with E-state index in [2.05, 4.69) is 31.5 Å². The Balaban J connectivity index is 0.000000531. The van der Waals surface area contributed by atoms with Gasteiger partial charge in [0, 0.05) is 0 Å². The minimum absolute atomic E-state index is 0.545. The van der Waals surface area contributed by atoms with Crippen LogP contribution in [0.1, 0.15) is 46.5 Å². The fraction of sp³-hybridized carbons (Fsp3) is 0.846. The van der Waals surface area contributed by atoms with Crippen molar-refractivity contribution in [3.8, 4) is 0 Å². The summed E-state index contributed by atoms with van der Waals surface area (Å²) in [6.07, 6.45) is 5.27. The highest BCUT2D eigenvalue weighted by Crippen LogP contribution is 2.50. The summed E-state index contributed by atoms with van der Waals surface area (Å²) >= 11 is 4.56. The van der Waals surface area contributed by atoms with Crippen LogP contribution in [0.3, 0.4) is 0 Å². The number of thiol groups is 1. The topological polar surface area (TPSA) is 3.24 Å². The lowest BCUT2D eigenvalue weighted by molar-refractivity contribution is 0.154. The monoisotopic (exact) mass is 227 g/mol. The minimum Gasteiger partial charge on any atom is -0.306 e. The SMILES string of the molecule is CC.CC1=C(S)CCC12CCN(C)CC2. The van der Waals surface area contributed by atoms with Crippen molar-refractivity contribution in [2.45, 2.75) is 46.5 Å². The van der Waals surface area contributed by atoms with Crippen LogP contribution in [0.2, 0.25) is 0 Å². The van der Waals surface area contributed by atoms with Gasteiger partial charge < -0.3 is 4.90 Å². The molecule has 0 atom stereocenters. The van der Waals surface area contributed by atoms with Gasteiger partial charge in [0.2, 0.25) is 0 Å². The molecule has 0 unspecified atom stereocenters. The maximum atomic E-state index is 4.56. The van der Waals surface area contributed by atoms with E-state index in [-0.39, 0.29) is 0 Å². The third kappa shape index (κ3) is 2.59. The molecule has 0 aromatic rings. The fourth-order valence-electron chi connectivity index (χ4n) is 2.71. The Labute approximate surface area is 100 Å². The summed E-state index contributed by atoms with van der Waals surface area (Å²) < 4.78 is 0. The zero-order valence-electron chi connectivity index (χ0n) is 10.6. The van der Waals surface area contributed by atoms with Crippen molar-refractivity contribution in [2.24, 2.45) is 5.41 Å². The summed E-state index contributed by atoms with van der Waals surface area (Å²) in [5.74, 6) is 0. The molecule has 1 heterocycles. The molecule has 15 heavy (non-hydrogen) atoms. The van der Waals surface area contributed by atoms with Crippen LogP contribution in [0, 0.1) is 5.41 Å². The Morgan fingerprint density at radius 2 is 1.67 bits per heavy atom. The van der Waals surface area contributed by atoms with Gasteiger partial charge in [-0.1, -0.05) is 19.4 Å². The van der Waals surface area contributed by atoms with E-state index in [4.69, 9.17) is 0 Å². The third-order valence-corrected chi connectivity index (χ3v) is 4.57. The second-order valence-electron chi connectivity index (χ2n) is 4.66. The normalized spacial score (nSPS) is 25.4. The molecule has 0 bridgehead atoms. The first-order chi connectivity index (χ1) is 7.14. The predicted molar refractivity (Wildman–Crippen MR) is 71.4 cm³/mol. The lowest BCUT2D eigenvalue weighted by atomic mass is 9.74. The highest BCUT2D eigenvalue weighted by molar-refractivity contribution is 7.84. The molecule has 0 saturated carbocycles. The van der Waals surface area contributed by atoms with Crippen molar-refractivity contribution >= 4 is 12.6 Å². The van der Waals surface area contributed by atoms with Gasteiger partial charge in [-0.15, -0.1) is 12.6 Å². The van der Waals surface area contributed by atoms with Crippen LogP contribution in [-0.4, -0.2) is 25.0 Å². The summed E-state index contributed by atoms with van der Waals surface area (Å²) in [4.78, 5) is 3.80. The maximum Gasteiger partial charge on any atom is -0.00134 e. The van der Waals surface area contributed by atoms with Crippen LogP contribution in [0.5, 0.6) is 0 Å². The molecule has 0 aromatic carbocycles.